The number of nitrogen functional groups attached to an aromatic ring is 1. The molecule has 0 aromatic heterocycles. The number of rotatable bonds is 2. The molecule has 20 heavy (non-hydrogen) atoms. The van der Waals surface area contributed by atoms with Crippen LogP contribution >= 0.6 is 11.6 Å². The maximum absolute atomic E-state index is 10.7. The molecule has 0 aliphatic carbocycles. The summed E-state index contributed by atoms with van der Waals surface area (Å²) in [6.45, 7) is 0. The van der Waals surface area contributed by atoms with Gasteiger partial charge in [0, 0.05) is 22.4 Å². The molecular weight excluding hydrogens is 272 g/mol. The lowest BCUT2D eigenvalue weighted by Crippen LogP contribution is -2.05. The first-order valence-corrected chi connectivity index (χ1v) is 6.20. The Bertz CT molecular complexity index is 727. The minimum absolute atomic E-state index is 0.193. The third kappa shape index (κ3) is 3.05. The summed E-state index contributed by atoms with van der Waals surface area (Å²) in [4.78, 5) is 10.7. The molecule has 98 valence electrons. The Hall–Kier alpha value is -2.57. The summed E-state index contributed by atoms with van der Waals surface area (Å²) in [6.07, 6.45) is 0.438. The molecule has 0 amide bonds. The molecule has 0 saturated heterocycles. The molecule has 0 atom stereocenters. The lowest BCUT2D eigenvalue weighted by atomic mass is 10.0. The number of nitrogens with one attached hydrogen (secondary N) is 1. The SMILES string of the molecule is N=C(C=O)c1cc(C#Cc2ccccc2)c(Cl)cc1N. The van der Waals surface area contributed by atoms with E-state index in [1.54, 1.807) is 6.07 Å². The highest BCUT2D eigenvalue weighted by Crippen LogP contribution is 2.23. The van der Waals surface area contributed by atoms with Gasteiger partial charge in [0.05, 0.1) is 5.02 Å². The van der Waals surface area contributed by atoms with Crippen molar-refractivity contribution in [1.29, 1.82) is 5.41 Å². The van der Waals surface area contributed by atoms with Gasteiger partial charge in [-0.1, -0.05) is 41.6 Å². The average Bonchev–Trinajstić information content (AvgIpc) is 2.46. The standard InChI is InChI=1S/C16H11ClN2O/c17-14-9-15(18)13(16(19)10-20)8-12(14)7-6-11-4-2-1-3-5-11/h1-5,8-10,19H,18H2. The van der Waals surface area contributed by atoms with Crippen LogP contribution < -0.4 is 5.73 Å². The van der Waals surface area contributed by atoms with Gasteiger partial charge >= 0.3 is 0 Å². The van der Waals surface area contributed by atoms with Crippen LogP contribution in [0.25, 0.3) is 0 Å². The van der Waals surface area contributed by atoms with Crippen LogP contribution in [0.5, 0.6) is 0 Å². The first-order valence-electron chi connectivity index (χ1n) is 5.82. The van der Waals surface area contributed by atoms with Gasteiger partial charge in [-0.05, 0) is 24.3 Å². The third-order valence-electron chi connectivity index (χ3n) is 2.66. The molecule has 0 spiro atoms. The van der Waals surface area contributed by atoms with Gasteiger partial charge in [-0.2, -0.15) is 0 Å². The molecule has 0 radical (unpaired) electrons. The predicted octanol–water partition coefficient (Wildman–Crippen LogP) is 2.89. The van der Waals surface area contributed by atoms with Crippen molar-refractivity contribution in [3.05, 3.63) is 64.2 Å². The van der Waals surface area contributed by atoms with Crippen LogP contribution in [0.15, 0.2) is 42.5 Å². The number of benzene rings is 2. The van der Waals surface area contributed by atoms with E-state index in [0.717, 1.165) is 5.56 Å². The van der Waals surface area contributed by atoms with Gasteiger partial charge in [-0.25, -0.2) is 0 Å². The highest BCUT2D eigenvalue weighted by Gasteiger charge is 2.09. The Balaban J connectivity index is 2.45. The van der Waals surface area contributed by atoms with Crippen LogP contribution in [0.2, 0.25) is 5.02 Å². The fraction of sp³-hybridized carbons (Fsp3) is 0. The van der Waals surface area contributed by atoms with Crippen molar-refractivity contribution in [2.45, 2.75) is 0 Å². The van der Waals surface area contributed by atoms with E-state index in [4.69, 9.17) is 22.7 Å². The van der Waals surface area contributed by atoms with Crippen molar-refractivity contribution >= 4 is 29.3 Å². The number of anilines is 1. The van der Waals surface area contributed by atoms with Crippen LogP contribution in [-0.2, 0) is 4.79 Å². The Labute approximate surface area is 121 Å². The zero-order valence-corrected chi connectivity index (χ0v) is 11.2. The molecule has 3 nitrogen and oxygen atoms in total. The van der Waals surface area contributed by atoms with E-state index in [2.05, 4.69) is 11.8 Å². The number of nitrogens with two attached hydrogens (primary N) is 1. The number of hydrogen-bond acceptors (Lipinski definition) is 3. The van der Waals surface area contributed by atoms with Crippen LogP contribution in [0.3, 0.4) is 0 Å². The monoisotopic (exact) mass is 282 g/mol. The molecule has 0 aliphatic rings. The highest BCUT2D eigenvalue weighted by molar-refractivity contribution is 6.37. The van der Waals surface area contributed by atoms with Crippen molar-refractivity contribution in [2.75, 3.05) is 5.73 Å². The van der Waals surface area contributed by atoms with Gasteiger partial charge in [0.25, 0.3) is 0 Å². The summed E-state index contributed by atoms with van der Waals surface area (Å²) < 4.78 is 0. The summed E-state index contributed by atoms with van der Waals surface area (Å²) in [5, 5.41) is 7.94. The Morgan fingerprint density at radius 2 is 1.90 bits per heavy atom. The number of carbonyl (C=O) groups excluding carboxylic acids is 1. The van der Waals surface area contributed by atoms with E-state index < -0.39 is 0 Å². The van der Waals surface area contributed by atoms with E-state index in [-0.39, 0.29) is 11.4 Å². The van der Waals surface area contributed by atoms with Gasteiger partial charge in [0.1, 0.15) is 5.71 Å². The quantitative estimate of drug-likeness (QED) is 0.385. The maximum atomic E-state index is 10.7. The van der Waals surface area contributed by atoms with Gasteiger partial charge in [-0.3, -0.25) is 10.2 Å². The molecule has 2 aromatic rings. The van der Waals surface area contributed by atoms with Gasteiger partial charge in [0.15, 0.2) is 6.29 Å². The fourth-order valence-electron chi connectivity index (χ4n) is 1.64. The molecule has 2 aromatic carbocycles. The lowest BCUT2D eigenvalue weighted by molar-refractivity contribution is -0.102. The first-order chi connectivity index (χ1) is 9.61. The average molecular weight is 283 g/mol. The second-order valence-electron chi connectivity index (χ2n) is 4.07. The highest BCUT2D eigenvalue weighted by atomic mass is 35.5. The van der Waals surface area contributed by atoms with Gasteiger partial charge in [0.2, 0.25) is 0 Å². The minimum Gasteiger partial charge on any atom is -0.398 e. The van der Waals surface area contributed by atoms with Crippen molar-refractivity contribution in [2.24, 2.45) is 0 Å². The summed E-state index contributed by atoms with van der Waals surface area (Å²) in [5.41, 5.74) is 7.56. The van der Waals surface area contributed by atoms with Crippen molar-refractivity contribution in [1.82, 2.24) is 0 Å². The van der Waals surface area contributed by atoms with E-state index in [9.17, 15) is 4.79 Å². The molecule has 2 rings (SSSR count). The summed E-state index contributed by atoms with van der Waals surface area (Å²) in [5.74, 6) is 5.90. The zero-order valence-electron chi connectivity index (χ0n) is 10.5. The fourth-order valence-corrected chi connectivity index (χ4v) is 1.86. The van der Waals surface area contributed by atoms with Crippen molar-refractivity contribution < 1.29 is 4.79 Å². The maximum Gasteiger partial charge on any atom is 0.168 e. The number of carbonyl (C=O) groups is 1. The molecule has 3 N–H and O–H groups in total. The molecule has 0 heterocycles. The Kier molecular flexibility index (Phi) is 4.19. The van der Waals surface area contributed by atoms with Gasteiger partial charge < -0.3 is 5.73 Å². The smallest absolute Gasteiger partial charge is 0.168 e. The topological polar surface area (TPSA) is 66.9 Å². The third-order valence-corrected chi connectivity index (χ3v) is 2.98. The van der Waals surface area contributed by atoms with Crippen molar-refractivity contribution in [3.8, 4) is 11.8 Å². The van der Waals surface area contributed by atoms with Crippen LogP contribution in [0, 0.1) is 17.3 Å². The Morgan fingerprint density at radius 3 is 2.55 bits per heavy atom. The molecule has 0 saturated carbocycles. The summed E-state index contributed by atoms with van der Waals surface area (Å²) in [6, 6.07) is 12.5. The van der Waals surface area contributed by atoms with E-state index in [1.165, 1.54) is 6.07 Å². The molecular formula is C16H11ClN2O. The minimum atomic E-state index is -0.193. The zero-order chi connectivity index (χ0) is 14.5. The van der Waals surface area contributed by atoms with Crippen LogP contribution in [0.4, 0.5) is 5.69 Å². The Morgan fingerprint density at radius 1 is 1.20 bits per heavy atom. The molecule has 4 heteroatoms. The first kappa shape index (κ1) is 13.9. The second-order valence-corrected chi connectivity index (χ2v) is 4.47. The summed E-state index contributed by atoms with van der Waals surface area (Å²) in [7, 11) is 0. The molecule has 0 unspecified atom stereocenters. The van der Waals surface area contributed by atoms with Crippen LogP contribution in [0.1, 0.15) is 16.7 Å². The largest absolute Gasteiger partial charge is 0.398 e. The van der Waals surface area contributed by atoms with E-state index in [0.29, 0.717) is 22.4 Å². The van der Waals surface area contributed by atoms with E-state index >= 15 is 0 Å². The van der Waals surface area contributed by atoms with Crippen LogP contribution in [-0.4, -0.2) is 12.0 Å². The predicted molar refractivity (Wildman–Crippen MR) is 81.2 cm³/mol. The normalized spacial score (nSPS) is 9.45. The number of halogens is 1. The molecule has 0 fully saturated rings. The number of hydrogen-bond donors (Lipinski definition) is 2. The van der Waals surface area contributed by atoms with Crippen molar-refractivity contribution in [3.63, 3.8) is 0 Å². The molecule has 0 bridgehead atoms. The summed E-state index contributed by atoms with van der Waals surface area (Å²) >= 11 is 6.07. The second kappa shape index (κ2) is 6.05. The van der Waals surface area contributed by atoms with Gasteiger partial charge in [-0.15, -0.1) is 0 Å². The van der Waals surface area contributed by atoms with E-state index in [1.807, 2.05) is 30.3 Å². The molecule has 0 aliphatic heterocycles. The lowest BCUT2D eigenvalue weighted by Gasteiger charge is -2.05. The number of aldehydes is 1.